The van der Waals surface area contributed by atoms with Crippen LogP contribution >= 0.6 is 0 Å². The zero-order valence-electron chi connectivity index (χ0n) is 32.6. The van der Waals surface area contributed by atoms with E-state index in [9.17, 15) is 23.9 Å². The number of halogens is 2. The molecule has 3 amide bonds. The SMILES string of the molecule is O=C1CCC(Nc2ccc(C3CCN(CC4(O)CCN(C(=O)C5CCC(Nc6ncc(F)c(-c7cccc(-c8ccccc8)c7)n6)CC5)CC4)CC3)c(F)c2)C(=O)N1. The van der Waals surface area contributed by atoms with Crippen molar-refractivity contribution in [1.82, 2.24) is 25.1 Å². The van der Waals surface area contributed by atoms with Gasteiger partial charge >= 0.3 is 0 Å². The molecule has 304 valence electrons. The number of nitrogens with one attached hydrogen (secondary N) is 3. The van der Waals surface area contributed by atoms with Crippen LogP contribution in [0.3, 0.4) is 0 Å². The van der Waals surface area contributed by atoms with Crippen molar-refractivity contribution in [2.45, 2.75) is 87.8 Å². The molecule has 1 aromatic heterocycles. The van der Waals surface area contributed by atoms with Gasteiger partial charge in [0.2, 0.25) is 23.7 Å². The van der Waals surface area contributed by atoms with E-state index in [4.69, 9.17) is 0 Å². The molecular formula is C45H51F2N7O4. The molecule has 0 spiro atoms. The Morgan fingerprint density at radius 1 is 0.810 bits per heavy atom. The minimum absolute atomic E-state index is 0.0592. The third kappa shape index (κ3) is 9.21. The van der Waals surface area contributed by atoms with Gasteiger partial charge in [0, 0.05) is 49.3 Å². The first-order chi connectivity index (χ1) is 28.1. The maximum absolute atomic E-state index is 15.3. The quantitative estimate of drug-likeness (QED) is 0.133. The molecule has 1 saturated carbocycles. The summed E-state index contributed by atoms with van der Waals surface area (Å²) in [5.41, 5.74) is 3.23. The minimum Gasteiger partial charge on any atom is -0.388 e. The second kappa shape index (κ2) is 17.3. The lowest BCUT2D eigenvalue weighted by atomic mass is 9.83. The number of hydrogen-bond donors (Lipinski definition) is 4. The van der Waals surface area contributed by atoms with Gasteiger partial charge in [-0.25, -0.2) is 18.7 Å². The molecule has 3 aliphatic heterocycles. The molecule has 0 radical (unpaired) electrons. The maximum atomic E-state index is 15.3. The van der Waals surface area contributed by atoms with Gasteiger partial charge in [-0.05, 0) is 112 Å². The van der Waals surface area contributed by atoms with Crippen LogP contribution in [0.15, 0.2) is 79.0 Å². The van der Waals surface area contributed by atoms with E-state index in [1.54, 1.807) is 12.1 Å². The van der Waals surface area contributed by atoms with E-state index < -0.39 is 23.4 Å². The molecule has 58 heavy (non-hydrogen) atoms. The summed E-state index contributed by atoms with van der Waals surface area (Å²) in [5.74, 6) is -0.966. The highest BCUT2D eigenvalue weighted by molar-refractivity contribution is 6.01. The van der Waals surface area contributed by atoms with Crippen molar-refractivity contribution in [1.29, 1.82) is 0 Å². The van der Waals surface area contributed by atoms with Crippen molar-refractivity contribution in [3.63, 3.8) is 0 Å². The van der Waals surface area contributed by atoms with Crippen LogP contribution in [-0.2, 0) is 14.4 Å². The molecule has 4 N–H and O–H groups in total. The molecule has 4 aliphatic rings. The van der Waals surface area contributed by atoms with Gasteiger partial charge < -0.3 is 25.5 Å². The van der Waals surface area contributed by atoms with Gasteiger partial charge in [0.15, 0.2) is 5.82 Å². The first-order valence-electron chi connectivity index (χ1n) is 20.7. The van der Waals surface area contributed by atoms with Crippen LogP contribution in [-0.4, -0.2) is 93.0 Å². The molecule has 13 heteroatoms. The van der Waals surface area contributed by atoms with Gasteiger partial charge in [0.05, 0.1) is 11.8 Å². The lowest BCUT2D eigenvalue weighted by molar-refractivity contribution is -0.141. The number of likely N-dealkylation sites (tertiary alicyclic amines) is 2. The number of aromatic nitrogens is 2. The second-order valence-electron chi connectivity index (χ2n) is 16.5. The van der Waals surface area contributed by atoms with Crippen molar-refractivity contribution in [2.75, 3.05) is 43.4 Å². The van der Waals surface area contributed by atoms with Crippen molar-refractivity contribution in [3.05, 3.63) is 96.2 Å². The Balaban J connectivity index is 0.771. The monoisotopic (exact) mass is 791 g/mol. The average molecular weight is 792 g/mol. The summed E-state index contributed by atoms with van der Waals surface area (Å²) in [6.45, 7) is 3.06. The number of nitrogens with zero attached hydrogens (tertiary/aromatic N) is 4. The molecule has 4 aromatic rings. The molecule has 1 unspecified atom stereocenters. The Labute approximate surface area is 337 Å². The number of β-amino-alcohol motifs (C(OH)–C–C–N with tert-alkyl or cyclic N) is 1. The minimum atomic E-state index is -0.878. The number of imide groups is 1. The van der Waals surface area contributed by atoms with Crippen molar-refractivity contribution < 1.29 is 28.3 Å². The number of carbonyl (C=O) groups is 3. The highest BCUT2D eigenvalue weighted by Crippen LogP contribution is 2.35. The lowest BCUT2D eigenvalue weighted by Gasteiger charge is -2.43. The zero-order chi connectivity index (χ0) is 40.2. The van der Waals surface area contributed by atoms with Gasteiger partial charge in [-0.3, -0.25) is 19.7 Å². The van der Waals surface area contributed by atoms with Crippen LogP contribution in [0, 0.1) is 17.6 Å². The fourth-order valence-corrected chi connectivity index (χ4v) is 9.14. The second-order valence-corrected chi connectivity index (χ2v) is 16.5. The summed E-state index contributed by atoms with van der Waals surface area (Å²) >= 11 is 0. The average Bonchev–Trinajstić information content (AvgIpc) is 3.24. The van der Waals surface area contributed by atoms with E-state index >= 15 is 4.39 Å². The number of rotatable bonds is 10. The smallest absolute Gasteiger partial charge is 0.249 e. The number of carbonyl (C=O) groups excluding carboxylic acids is 3. The first kappa shape index (κ1) is 39.6. The van der Waals surface area contributed by atoms with E-state index in [2.05, 4.69) is 30.8 Å². The number of aliphatic hydroxyl groups is 1. The van der Waals surface area contributed by atoms with Gasteiger partial charge in [-0.1, -0.05) is 54.6 Å². The number of piperidine rings is 3. The highest BCUT2D eigenvalue weighted by atomic mass is 19.1. The maximum Gasteiger partial charge on any atom is 0.249 e. The summed E-state index contributed by atoms with van der Waals surface area (Å²) in [7, 11) is 0. The largest absolute Gasteiger partial charge is 0.388 e. The Bertz CT molecular complexity index is 2110. The van der Waals surface area contributed by atoms with Crippen molar-refractivity contribution in [3.8, 4) is 22.4 Å². The van der Waals surface area contributed by atoms with E-state index in [1.165, 1.54) is 12.3 Å². The molecule has 3 saturated heterocycles. The Kier molecular flexibility index (Phi) is 11.8. The third-order valence-corrected chi connectivity index (χ3v) is 12.5. The van der Waals surface area contributed by atoms with Gasteiger partial charge in [-0.2, -0.15) is 0 Å². The van der Waals surface area contributed by atoms with Crippen LogP contribution < -0.4 is 16.0 Å². The molecule has 1 atom stereocenters. The fourth-order valence-electron chi connectivity index (χ4n) is 9.14. The first-order valence-corrected chi connectivity index (χ1v) is 20.7. The van der Waals surface area contributed by atoms with E-state index in [1.807, 2.05) is 59.5 Å². The molecular weight excluding hydrogens is 741 g/mol. The molecule has 8 rings (SSSR count). The topological polar surface area (TPSA) is 140 Å². The summed E-state index contributed by atoms with van der Waals surface area (Å²) in [6.07, 6.45) is 7.43. The normalized spacial score (nSPS) is 22.9. The molecule has 3 aromatic carbocycles. The van der Waals surface area contributed by atoms with Crippen LogP contribution in [0.5, 0.6) is 0 Å². The zero-order valence-corrected chi connectivity index (χ0v) is 32.6. The molecule has 4 heterocycles. The summed E-state index contributed by atoms with van der Waals surface area (Å²) in [4.78, 5) is 50.1. The summed E-state index contributed by atoms with van der Waals surface area (Å²) < 4.78 is 30.2. The highest BCUT2D eigenvalue weighted by Gasteiger charge is 2.39. The lowest BCUT2D eigenvalue weighted by Crippen LogP contribution is -2.54. The van der Waals surface area contributed by atoms with Crippen LogP contribution in [0.25, 0.3) is 22.4 Å². The predicted molar refractivity (Wildman–Crippen MR) is 218 cm³/mol. The standard InChI is InChI=1S/C45H51F2N7O4/c46-37-26-35(49-39-15-16-40(55)51-42(39)56)13-14-36(37)30-17-21-53(22-18-30)28-45(58)19-23-54(24-20-45)43(57)31-9-11-34(12-10-31)50-44-48-27-38(47)41(52-44)33-8-4-7-32(25-33)29-5-2-1-3-6-29/h1-8,13-14,25-27,30-31,34,39,49,58H,9-12,15-24,28H2,(H,48,50,52)(H,51,55,56). The van der Waals surface area contributed by atoms with E-state index in [-0.39, 0.29) is 47.6 Å². The number of anilines is 2. The van der Waals surface area contributed by atoms with E-state index in [0.717, 1.165) is 62.7 Å². The van der Waals surface area contributed by atoms with Gasteiger partial charge in [0.1, 0.15) is 17.6 Å². The predicted octanol–water partition coefficient (Wildman–Crippen LogP) is 6.51. The van der Waals surface area contributed by atoms with Crippen molar-refractivity contribution in [2.24, 2.45) is 5.92 Å². The fraction of sp³-hybridized carbons (Fsp3) is 0.444. The van der Waals surface area contributed by atoms with Crippen LogP contribution in [0.2, 0.25) is 0 Å². The Morgan fingerprint density at radius 2 is 1.53 bits per heavy atom. The molecule has 4 fully saturated rings. The number of amides is 3. The number of hydrogen-bond acceptors (Lipinski definition) is 9. The molecule has 11 nitrogen and oxygen atoms in total. The van der Waals surface area contributed by atoms with Crippen LogP contribution in [0.4, 0.5) is 20.4 Å². The van der Waals surface area contributed by atoms with E-state index in [0.29, 0.717) is 61.7 Å². The van der Waals surface area contributed by atoms with Gasteiger partial charge in [0.25, 0.3) is 0 Å². The summed E-state index contributed by atoms with van der Waals surface area (Å²) in [6, 6.07) is 22.1. The van der Waals surface area contributed by atoms with Crippen LogP contribution in [0.1, 0.15) is 75.7 Å². The third-order valence-electron chi connectivity index (χ3n) is 12.5. The van der Waals surface area contributed by atoms with Crippen molar-refractivity contribution >= 4 is 29.4 Å². The summed E-state index contributed by atoms with van der Waals surface area (Å²) in [5, 5.41) is 20.3. The molecule has 1 aliphatic carbocycles. The Morgan fingerprint density at radius 3 is 2.26 bits per heavy atom. The Hall–Kier alpha value is -5.27. The van der Waals surface area contributed by atoms with Gasteiger partial charge in [-0.15, -0.1) is 0 Å². The number of benzene rings is 3. The molecule has 0 bridgehead atoms.